The Bertz CT molecular complexity index is 868. The summed E-state index contributed by atoms with van der Waals surface area (Å²) < 4.78 is 16.2. The summed E-state index contributed by atoms with van der Waals surface area (Å²) in [5.41, 5.74) is -0.213. The summed E-state index contributed by atoms with van der Waals surface area (Å²) in [6, 6.07) is 3.01. The van der Waals surface area contributed by atoms with Crippen molar-refractivity contribution >= 4 is 22.6 Å². The van der Waals surface area contributed by atoms with Crippen molar-refractivity contribution in [2.45, 2.75) is 26.4 Å². The fourth-order valence-corrected chi connectivity index (χ4v) is 3.20. The Morgan fingerprint density at radius 1 is 1.44 bits per heavy atom. The van der Waals surface area contributed by atoms with Gasteiger partial charge in [-0.05, 0) is 26.0 Å². The van der Waals surface area contributed by atoms with Gasteiger partial charge in [0.1, 0.15) is 5.82 Å². The minimum absolute atomic E-state index is 0. The first-order chi connectivity index (χ1) is 11.4. The summed E-state index contributed by atoms with van der Waals surface area (Å²) in [5, 5.41) is 14.5. The normalized spacial score (nSPS) is 17.4. The number of piperazine rings is 1. The van der Waals surface area contributed by atoms with E-state index in [1.165, 1.54) is 6.20 Å². The van der Waals surface area contributed by atoms with E-state index in [1.54, 1.807) is 10.6 Å². The van der Waals surface area contributed by atoms with Crippen LogP contribution in [0.3, 0.4) is 0 Å². The number of fused-ring (bicyclic) bond motifs is 1. The molecular weight excluding hydrogens is 336 g/mol. The number of nitrogens with one attached hydrogen (secondary N) is 1. The van der Waals surface area contributed by atoms with Crippen LogP contribution in [-0.2, 0) is 6.54 Å². The van der Waals surface area contributed by atoms with Crippen molar-refractivity contribution < 1.29 is 43.8 Å². The van der Waals surface area contributed by atoms with E-state index in [0.29, 0.717) is 30.8 Å². The Morgan fingerprint density at radius 3 is 2.76 bits per heavy atom. The van der Waals surface area contributed by atoms with Gasteiger partial charge in [0, 0.05) is 43.8 Å². The Morgan fingerprint density at radius 2 is 2.16 bits per heavy atom. The number of aromatic carboxylic acids is 1. The first-order valence-electron chi connectivity index (χ1n) is 7.98. The number of pyridine rings is 1. The van der Waals surface area contributed by atoms with Gasteiger partial charge in [0.25, 0.3) is 0 Å². The number of aromatic nitrogens is 1. The summed E-state index contributed by atoms with van der Waals surface area (Å²) >= 11 is 0. The second-order valence-electron chi connectivity index (χ2n) is 6.07. The summed E-state index contributed by atoms with van der Waals surface area (Å²) in [6.45, 7) is 6.40. The zero-order valence-corrected chi connectivity index (χ0v) is 16.6. The van der Waals surface area contributed by atoms with E-state index in [1.807, 2.05) is 18.7 Å². The number of anilines is 1. The average molecular weight is 355 g/mol. The number of carbonyl (C=O) groups is 1. The maximum absolute atomic E-state index is 14.6. The topological polar surface area (TPSA) is 77.4 Å². The molecule has 1 unspecified atom stereocenters. The van der Waals surface area contributed by atoms with Gasteiger partial charge in [0.2, 0.25) is 0 Å². The van der Waals surface area contributed by atoms with E-state index in [0.717, 1.165) is 12.6 Å². The van der Waals surface area contributed by atoms with Gasteiger partial charge in [-0.1, -0.05) is 0 Å². The van der Waals surface area contributed by atoms with Crippen molar-refractivity contribution in [3.63, 3.8) is 0 Å². The van der Waals surface area contributed by atoms with Gasteiger partial charge in [-0.3, -0.25) is 4.79 Å². The first kappa shape index (κ1) is 19.9. The zero-order valence-electron chi connectivity index (χ0n) is 14.6. The second kappa shape index (κ2) is 7.86. The SMILES string of the molecule is CCn1cc(C(=O)[O-])c(=O)c2cc(F)c(N3CCNC(C)C3)cc21.[Na+]. The fourth-order valence-electron chi connectivity index (χ4n) is 3.20. The monoisotopic (exact) mass is 355 g/mol. The maximum atomic E-state index is 14.6. The molecule has 25 heavy (non-hydrogen) atoms. The Hall–Kier alpha value is -1.41. The van der Waals surface area contributed by atoms with Crippen molar-refractivity contribution in [1.29, 1.82) is 0 Å². The zero-order chi connectivity index (χ0) is 17.4. The second-order valence-corrected chi connectivity index (χ2v) is 6.07. The van der Waals surface area contributed by atoms with Gasteiger partial charge in [0.05, 0.1) is 22.7 Å². The average Bonchev–Trinajstić information content (AvgIpc) is 2.55. The molecule has 8 heteroatoms. The maximum Gasteiger partial charge on any atom is 1.00 e. The van der Waals surface area contributed by atoms with Crippen molar-refractivity contribution in [2.24, 2.45) is 0 Å². The molecule has 2 aromatic rings. The molecule has 1 N–H and O–H groups in total. The van der Waals surface area contributed by atoms with Crippen LogP contribution in [0.25, 0.3) is 10.9 Å². The van der Waals surface area contributed by atoms with Crippen LogP contribution in [-0.4, -0.2) is 36.2 Å². The molecule has 3 rings (SSSR count). The predicted molar refractivity (Wildman–Crippen MR) is 87.8 cm³/mol. The molecule has 0 amide bonds. The van der Waals surface area contributed by atoms with E-state index in [4.69, 9.17) is 0 Å². The van der Waals surface area contributed by atoms with E-state index in [-0.39, 0.29) is 41.0 Å². The Labute approximate surface area is 166 Å². The van der Waals surface area contributed by atoms with Crippen molar-refractivity contribution in [3.8, 4) is 0 Å². The van der Waals surface area contributed by atoms with Crippen LogP contribution < -0.4 is 50.3 Å². The van der Waals surface area contributed by atoms with E-state index >= 15 is 0 Å². The molecular formula is C17H19FN3NaO3. The van der Waals surface area contributed by atoms with Crippen LogP contribution in [0.5, 0.6) is 0 Å². The van der Waals surface area contributed by atoms with Gasteiger partial charge < -0.3 is 24.7 Å². The molecule has 1 fully saturated rings. The van der Waals surface area contributed by atoms with Crippen LogP contribution >= 0.6 is 0 Å². The Kier molecular flexibility index (Phi) is 6.26. The number of carbonyl (C=O) groups excluding carboxylic acids is 1. The fraction of sp³-hybridized carbons (Fsp3) is 0.412. The number of aryl methyl sites for hydroxylation is 1. The van der Waals surface area contributed by atoms with E-state index < -0.39 is 22.8 Å². The standard InChI is InChI=1S/C17H20FN3O3.Na/c1-3-20-9-12(17(23)24)16(22)11-6-13(18)15(7-14(11)20)21-5-4-19-10(2)8-21;/h6-7,9-10,19H,3-5,8H2,1-2H3,(H,23,24);/q;+1/p-1. The van der Waals surface area contributed by atoms with Crippen molar-refractivity contribution in [1.82, 2.24) is 9.88 Å². The summed E-state index contributed by atoms with van der Waals surface area (Å²) in [7, 11) is 0. The number of carboxylic acids is 1. The molecule has 0 saturated carbocycles. The largest absolute Gasteiger partial charge is 1.00 e. The van der Waals surface area contributed by atoms with E-state index in [2.05, 4.69) is 5.32 Å². The molecule has 6 nitrogen and oxygen atoms in total. The van der Waals surface area contributed by atoms with Crippen LogP contribution in [0, 0.1) is 5.82 Å². The molecule has 0 bridgehead atoms. The molecule has 1 aromatic carbocycles. The van der Waals surface area contributed by atoms with Crippen molar-refractivity contribution in [3.05, 3.63) is 39.9 Å². The van der Waals surface area contributed by atoms with Crippen LogP contribution in [0.2, 0.25) is 0 Å². The summed E-state index contributed by atoms with van der Waals surface area (Å²) in [5.74, 6) is -2.07. The number of hydrogen-bond acceptors (Lipinski definition) is 5. The van der Waals surface area contributed by atoms with E-state index in [9.17, 15) is 19.1 Å². The molecule has 1 aromatic heterocycles. The predicted octanol–water partition coefficient (Wildman–Crippen LogP) is -2.67. The molecule has 1 atom stereocenters. The molecule has 1 aliphatic heterocycles. The van der Waals surface area contributed by atoms with Gasteiger partial charge >= 0.3 is 29.6 Å². The third-order valence-electron chi connectivity index (χ3n) is 4.42. The third kappa shape index (κ3) is 3.74. The van der Waals surface area contributed by atoms with Crippen LogP contribution in [0.1, 0.15) is 24.2 Å². The molecule has 128 valence electrons. The Balaban J connectivity index is 0.00000225. The van der Waals surface area contributed by atoms with Crippen LogP contribution in [0.15, 0.2) is 23.1 Å². The molecule has 1 saturated heterocycles. The van der Waals surface area contributed by atoms with Gasteiger partial charge in [-0.2, -0.15) is 0 Å². The number of rotatable bonds is 3. The minimum Gasteiger partial charge on any atom is -0.545 e. The number of carboxylic acid groups (broad SMARTS) is 1. The van der Waals surface area contributed by atoms with Gasteiger partial charge in [0.15, 0.2) is 5.43 Å². The molecule has 1 aliphatic rings. The van der Waals surface area contributed by atoms with Gasteiger partial charge in [-0.15, -0.1) is 0 Å². The number of nitrogens with zero attached hydrogens (tertiary/aromatic N) is 2. The molecule has 2 heterocycles. The first-order valence-corrected chi connectivity index (χ1v) is 7.98. The van der Waals surface area contributed by atoms with Crippen molar-refractivity contribution in [2.75, 3.05) is 24.5 Å². The molecule has 0 spiro atoms. The van der Waals surface area contributed by atoms with Crippen LogP contribution in [0.4, 0.5) is 10.1 Å². The third-order valence-corrected chi connectivity index (χ3v) is 4.42. The molecule has 0 aliphatic carbocycles. The smallest absolute Gasteiger partial charge is 0.545 e. The summed E-state index contributed by atoms with van der Waals surface area (Å²) in [4.78, 5) is 25.4. The minimum atomic E-state index is -1.55. The summed E-state index contributed by atoms with van der Waals surface area (Å²) in [6.07, 6.45) is 1.27. The number of hydrogen-bond donors (Lipinski definition) is 1. The number of halogens is 1. The molecule has 0 radical (unpaired) electrons. The quantitative estimate of drug-likeness (QED) is 0.608. The van der Waals surface area contributed by atoms with Gasteiger partial charge in [-0.25, -0.2) is 4.39 Å². The number of benzene rings is 1.